The van der Waals surface area contributed by atoms with Crippen molar-refractivity contribution >= 4 is 17.8 Å². The first-order valence-corrected chi connectivity index (χ1v) is 22.4. The third kappa shape index (κ3) is 28.7. The zero-order valence-electron chi connectivity index (χ0n) is 35.5. The summed E-state index contributed by atoms with van der Waals surface area (Å²) >= 11 is 0. The maximum absolute atomic E-state index is 13.4. The number of amides is 2. The number of nitrogens with zero attached hydrogens (tertiary/aromatic N) is 2. The van der Waals surface area contributed by atoms with E-state index in [2.05, 4.69) is 72.7 Å². The minimum absolute atomic E-state index is 0.000655. The second-order valence-corrected chi connectivity index (χ2v) is 15.7. The highest BCUT2D eigenvalue weighted by atomic mass is 16.5. The first-order chi connectivity index (χ1) is 26.4. The molecule has 7 heteroatoms. The van der Waals surface area contributed by atoms with Crippen LogP contribution in [0, 0.1) is 0 Å². The number of allylic oxidation sites excluding steroid dienone is 8. The molecule has 0 aromatic heterocycles. The van der Waals surface area contributed by atoms with Gasteiger partial charge in [-0.1, -0.05) is 133 Å². The maximum atomic E-state index is 13.4. The Morgan fingerprint density at radius 1 is 0.611 bits per heavy atom. The molecule has 1 heterocycles. The van der Waals surface area contributed by atoms with E-state index in [-0.39, 0.29) is 23.8 Å². The Kier molecular flexibility index (Phi) is 32.9. The monoisotopic (exact) mass is 754 g/mol. The summed E-state index contributed by atoms with van der Waals surface area (Å²) in [5.41, 5.74) is 0. The van der Waals surface area contributed by atoms with Crippen LogP contribution < -0.4 is 5.32 Å². The van der Waals surface area contributed by atoms with Crippen molar-refractivity contribution in [1.82, 2.24) is 15.1 Å². The molecule has 0 spiro atoms. The number of hydrogen-bond acceptors (Lipinski definition) is 5. The molecule has 2 atom stereocenters. The summed E-state index contributed by atoms with van der Waals surface area (Å²) in [7, 11) is 4.00. The van der Waals surface area contributed by atoms with Gasteiger partial charge in [0.15, 0.2) is 0 Å². The van der Waals surface area contributed by atoms with E-state index in [4.69, 9.17) is 4.74 Å². The molecule has 1 fully saturated rings. The number of esters is 1. The molecule has 2 amide bonds. The van der Waals surface area contributed by atoms with Gasteiger partial charge in [0, 0.05) is 31.8 Å². The Morgan fingerprint density at radius 2 is 1.09 bits per heavy atom. The lowest BCUT2D eigenvalue weighted by Gasteiger charge is -2.23. The van der Waals surface area contributed by atoms with Gasteiger partial charge in [0.2, 0.25) is 11.8 Å². The molecule has 0 saturated carbocycles. The average Bonchev–Trinajstić information content (AvgIpc) is 3.58. The van der Waals surface area contributed by atoms with Crippen LogP contribution in [0.4, 0.5) is 0 Å². The fourth-order valence-corrected chi connectivity index (χ4v) is 6.89. The topological polar surface area (TPSA) is 79.0 Å². The molecular weight excluding hydrogens is 671 g/mol. The standard InChI is InChI=1S/C47H83N3O4/c1-5-7-9-11-13-15-17-19-21-23-25-27-29-31-33-35-40-54-47(53)44-41-43(48-45(51)37-36-39-49(3)4)42-50(44)46(52)38-34-32-30-28-26-24-22-20-18-16-14-12-10-8-6-2/h13-16,19-22,43-44H,5-12,17-18,23-42H2,1-4H3,(H,48,51)/b15-13-,16-14-,21-19-,22-20-/t43-,44+/m1/s1. The Balaban J connectivity index is 2.35. The van der Waals surface area contributed by atoms with E-state index >= 15 is 0 Å². The van der Waals surface area contributed by atoms with E-state index in [1.54, 1.807) is 4.90 Å². The second kappa shape index (κ2) is 36.0. The van der Waals surface area contributed by atoms with E-state index in [0.717, 1.165) is 77.2 Å². The lowest BCUT2D eigenvalue weighted by atomic mass is 10.1. The summed E-state index contributed by atoms with van der Waals surface area (Å²) in [6.45, 7) is 6.10. The molecule has 1 aliphatic heterocycles. The van der Waals surface area contributed by atoms with Gasteiger partial charge >= 0.3 is 5.97 Å². The van der Waals surface area contributed by atoms with Crippen molar-refractivity contribution in [2.45, 2.75) is 199 Å². The molecule has 1 aliphatic rings. The zero-order valence-corrected chi connectivity index (χ0v) is 35.5. The molecule has 7 nitrogen and oxygen atoms in total. The molecule has 0 radical (unpaired) electrons. The van der Waals surface area contributed by atoms with Crippen molar-refractivity contribution in [3.8, 4) is 0 Å². The average molecular weight is 754 g/mol. The SMILES string of the molecule is CCCCC/C=C\C/C=C\CCCCCCCCOC(=O)[C@@H]1C[C@@H](NC(=O)CCCN(C)C)CN1C(=O)CCCCCCC/C=C\C/C=C\CCCCC. The molecule has 0 aromatic carbocycles. The van der Waals surface area contributed by atoms with Gasteiger partial charge in [-0.3, -0.25) is 9.59 Å². The van der Waals surface area contributed by atoms with E-state index in [0.29, 0.717) is 32.4 Å². The third-order valence-corrected chi connectivity index (χ3v) is 10.2. The van der Waals surface area contributed by atoms with E-state index < -0.39 is 6.04 Å². The van der Waals surface area contributed by atoms with Crippen LogP contribution >= 0.6 is 0 Å². The van der Waals surface area contributed by atoms with Crippen molar-refractivity contribution in [3.05, 3.63) is 48.6 Å². The summed E-state index contributed by atoms with van der Waals surface area (Å²) < 4.78 is 5.73. The highest BCUT2D eigenvalue weighted by Gasteiger charge is 2.40. The van der Waals surface area contributed by atoms with Crippen LogP contribution in [0.15, 0.2) is 48.6 Å². The van der Waals surface area contributed by atoms with Gasteiger partial charge in [-0.15, -0.1) is 0 Å². The van der Waals surface area contributed by atoms with Crippen LogP contribution in [0.2, 0.25) is 0 Å². The number of rotatable bonds is 35. The summed E-state index contributed by atoms with van der Waals surface area (Å²) in [5, 5.41) is 3.09. The van der Waals surface area contributed by atoms with Crippen molar-refractivity contribution in [3.63, 3.8) is 0 Å². The fraction of sp³-hybridized carbons (Fsp3) is 0.766. The fourth-order valence-electron chi connectivity index (χ4n) is 6.89. The Bertz CT molecular complexity index is 1050. The number of nitrogens with one attached hydrogen (secondary N) is 1. The lowest BCUT2D eigenvalue weighted by Crippen LogP contribution is -2.42. The second-order valence-electron chi connectivity index (χ2n) is 15.7. The molecular formula is C47H83N3O4. The number of carbonyl (C=O) groups excluding carboxylic acids is 3. The Labute approximate surface area is 332 Å². The quantitative estimate of drug-likeness (QED) is 0.0396. The van der Waals surface area contributed by atoms with Crippen LogP contribution in [-0.4, -0.2) is 73.5 Å². The molecule has 54 heavy (non-hydrogen) atoms. The largest absolute Gasteiger partial charge is 0.464 e. The first-order valence-electron chi connectivity index (χ1n) is 22.4. The van der Waals surface area contributed by atoms with Gasteiger partial charge in [0.25, 0.3) is 0 Å². The number of hydrogen-bond donors (Lipinski definition) is 1. The number of likely N-dealkylation sites (tertiary alicyclic amines) is 1. The highest BCUT2D eigenvalue weighted by molar-refractivity contribution is 5.86. The Morgan fingerprint density at radius 3 is 1.61 bits per heavy atom. The molecule has 310 valence electrons. The van der Waals surface area contributed by atoms with Crippen LogP contribution in [0.5, 0.6) is 0 Å². The summed E-state index contributed by atoms with van der Waals surface area (Å²) in [6.07, 6.45) is 46.9. The van der Waals surface area contributed by atoms with Crippen LogP contribution in [0.1, 0.15) is 187 Å². The van der Waals surface area contributed by atoms with E-state index in [1.807, 2.05) is 14.1 Å². The number of carbonyl (C=O) groups is 3. The van der Waals surface area contributed by atoms with Crippen LogP contribution in [0.3, 0.4) is 0 Å². The van der Waals surface area contributed by atoms with Crippen LogP contribution in [0.25, 0.3) is 0 Å². The normalized spacial score (nSPS) is 16.3. The van der Waals surface area contributed by atoms with Gasteiger partial charge in [0.1, 0.15) is 6.04 Å². The number of unbranched alkanes of at least 4 members (excludes halogenated alkanes) is 17. The van der Waals surface area contributed by atoms with Gasteiger partial charge < -0.3 is 19.9 Å². The first kappa shape index (κ1) is 49.3. The minimum atomic E-state index is -0.618. The Hall–Kier alpha value is -2.67. The molecule has 0 aromatic rings. The van der Waals surface area contributed by atoms with Gasteiger partial charge in [0.05, 0.1) is 6.61 Å². The molecule has 1 saturated heterocycles. The minimum Gasteiger partial charge on any atom is -0.464 e. The summed E-state index contributed by atoms with van der Waals surface area (Å²) in [4.78, 5) is 43.0. The molecule has 0 aliphatic carbocycles. The van der Waals surface area contributed by atoms with Crippen LogP contribution in [-0.2, 0) is 19.1 Å². The smallest absolute Gasteiger partial charge is 0.328 e. The van der Waals surface area contributed by atoms with Crippen molar-refractivity contribution in [2.24, 2.45) is 0 Å². The lowest BCUT2D eigenvalue weighted by molar-refractivity contribution is -0.153. The predicted octanol–water partition coefficient (Wildman–Crippen LogP) is 11.6. The highest BCUT2D eigenvalue weighted by Crippen LogP contribution is 2.22. The number of ether oxygens (including phenoxy) is 1. The van der Waals surface area contributed by atoms with E-state index in [1.165, 1.54) is 83.5 Å². The molecule has 0 unspecified atom stereocenters. The van der Waals surface area contributed by atoms with Gasteiger partial charge in [-0.25, -0.2) is 4.79 Å². The van der Waals surface area contributed by atoms with Crippen molar-refractivity contribution in [1.29, 1.82) is 0 Å². The van der Waals surface area contributed by atoms with Gasteiger partial charge in [-0.2, -0.15) is 0 Å². The van der Waals surface area contributed by atoms with Crippen molar-refractivity contribution < 1.29 is 19.1 Å². The van der Waals surface area contributed by atoms with E-state index in [9.17, 15) is 14.4 Å². The molecule has 1 rings (SSSR count). The third-order valence-electron chi connectivity index (χ3n) is 10.2. The predicted molar refractivity (Wildman–Crippen MR) is 230 cm³/mol. The van der Waals surface area contributed by atoms with Gasteiger partial charge in [-0.05, 0) is 104 Å². The summed E-state index contributed by atoms with van der Waals surface area (Å²) in [6, 6.07) is -0.836. The maximum Gasteiger partial charge on any atom is 0.328 e. The van der Waals surface area contributed by atoms with Crippen molar-refractivity contribution in [2.75, 3.05) is 33.8 Å². The molecule has 1 N–H and O–H groups in total. The molecule has 0 bridgehead atoms. The summed E-state index contributed by atoms with van der Waals surface area (Å²) in [5.74, 6) is -0.339. The zero-order chi connectivity index (χ0) is 39.3.